The third-order valence-electron chi connectivity index (χ3n) is 6.03. The Bertz CT molecular complexity index is 1330. The highest BCUT2D eigenvalue weighted by atomic mass is 19.1. The topological polar surface area (TPSA) is 81.0 Å². The number of fused-ring (bicyclic) bond motifs is 1. The lowest BCUT2D eigenvalue weighted by atomic mass is 10.1. The van der Waals surface area contributed by atoms with Gasteiger partial charge in [0.15, 0.2) is 5.79 Å². The van der Waals surface area contributed by atoms with Crippen molar-refractivity contribution >= 4 is 22.6 Å². The highest BCUT2D eigenvalue weighted by molar-refractivity contribution is 5.94. The molecular weight excluding hydrogens is 441 g/mol. The second-order valence-electron chi connectivity index (χ2n) is 8.10. The average Bonchev–Trinajstić information content (AvgIpc) is 3.17. The zero-order chi connectivity index (χ0) is 23.3. The van der Waals surface area contributed by atoms with Crippen molar-refractivity contribution in [2.75, 3.05) is 31.2 Å². The summed E-state index contributed by atoms with van der Waals surface area (Å²) in [6.45, 7) is 1.76. The first-order valence-corrected chi connectivity index (χ1v) is 10.4. The number of aromatic nitrogens is 1. The van der Waals surface area contributed by atoms with Gasteiger partial charge < -0.3 is 24.0 Å². The molecular formula is C23H19F3N2O5. The smallest absolute Gasteiger partial charge is 0.341 e. The predicted molar refractivity (Wildman–Crippen MR) is 112 cm³/mol. The van der Waals surface area contributed by atoms with E-state index in [1.807, 2.05) is 0 Å². The number of anilines is 1. The molecule has 1 N–H and O–H groups in total. The monoisotopic (exact) mass is 460 g/mol. The number of aromatic carboxylic acids is 1. The number of carboxylic acids is 1. The first kappa shape index (κ1) is 21.5. The standard InChI is InChI=1S/C23H19F3N2O5/c24-13-2-3-18(16(25)8-13)28-11-15(22(30)31)21(29)14-9-17(26)20(10-19(14)28)27-5-4-23(12-27)32-6-1-7-33-23/h2-3,8-11H,1,4-7,12H2,(H,30,31). The van der Waals surface area contributed by atoms with Gasteiger partial charge in [-0.05, 0) is 30.7 Å². The van der Waals surface area contributed by atoms with Gasteiger partial charge >= 0.3 is 5.97 Å². The van der Waals surface area contributed by atoms with E-state index in [2.05, 4.69) is 0 Å². The van der Waals surface area contributed by atoms with Crippen molar-refractivity contribution in [1.29, 1.82) is 0 Å². The minimum atomic E-state index is -1.55. The molecule has 2 aliphatic heterocycles. The van der Waals surface area contributed by atoms with Crippen LogP contribution in [0.4, 0.5) is 18.9 Å². The summed E-state index contributed by atoms with van der Waals surface area (Å²) >= 11 is 0. The highest BCUT2D eigenvalue weighted by Crippen LogP contribution is 2.35. The molecule has 1 spiro atoms. The lowest BCUT2D eigenvalue weighted by Crippen LogP contribution is -2.43. The minimum Gasteiger partial charge on any atom is -0.477 e. The van der Waals surface area contributed by atoms with Gasteiger partial charge in [-0.25, -0.2) is 18.0 Å². The van der Waals surface area contributed by atoms with Crippen molar-refractivity contribution in [3.8, 4) is 5.69 Å². The van der Waals surface area contributed by atoms with Gasteiger partial charge in [-0.1, -0.05) is 0 Å². The van der Waals surface area contributed by atoms with E-state index < -0.39 is 40.2 Å². The van der Waals surface area contributed by atoms with E-state index in [1.165, 1.54) is 6.07 Å². The van der Waals surface area contributed by atoms with Crippen LogP contribution in [0.1, 0.15) is 23.2 Å². The molecule has 2 aromatic carbocycles. The molecule has 2 fully saturated rings. The Kier molecular flexibility index (Phi) is 5.13. The van der Waals surface area contributed by atoms with Crippen molar-refractivity contribution in [2.24, 2.45) is 0 Å². The molecule has 0 amide bonds. The van der Waals surface area contributed by atoms with Gasteiger partial charge in [-0.3, -0.25) is 4.79 Å². The lowest BCUT2D eigenvalue weighted by Gasteiger charge is -2.33. The van der Waals surface area contributed by atoms with Crippen LogP contribution in [0.5, 0.6) is 0 Å². The van der Waals surface area contributed by atoms with Crippen LogP contribution in [0.3, 0.4) is 0 Å². The van der Waals surface area contributed by atoms with E-state index in [0.717, 1.165) is 35.4 Å². The second kappa shape index (κ2) is 7.89. The molecule has 0 saturated carbocycles. The first-order valence-electron chi connectivity index (χ1n) is 10.4. The van der Waals surface area contributed by atoms with Crippen LogP contribution in [0, 0.1) is 17.5 Å². The summed E-state index contributed by atoms with van der Waals surface area (Å²) in [4.78, 5) is 26.1. The molecule has 0 aliphatic carbocycles. The van der Waals surface area contributed by atoms with Crippen molar-refractivity contribution in [3.63, 3.8) is 0 Å². The number of pyridine rings is 1. The predicted octanol–water partition coefficient (Wildman–Crippen LogP) is 3.45. The molecule has 3 aromatic rings. The number of rotatable bonds is 3. The van der Waals surface area contributed by atoms with Gasteiger partial charge in [0.2, 0.25) is 5.43 Å². The molecule has 0 radical (unpaired) electrons. The molecule has 172 valence electrons. The number of hydrogen-bond donors (Lipinski definition) is 1. The second-order valence-corrected chi connectivity index (χ2v) is 8.10. The number of carbonyl (C=O) groups is 1. The fourth-order valence-electron chi connectivity index (χ4n) is 4.42. The summed E-state index contributed by atoms with van der Waals surface area (Å²) < 4.78 is 56.0. The zero-order valence-electron chi connectivity index (χ0n) is 17.3. The van der Waals surface area contributed by atoms with Crippen LogP contribution in [0.15, 0.2) is 41.3 Å². The van der Waals surface area contributed by atoms with Crippen molar-refractivity contribution < 1.29 is 32.5 Å². The van der Waals surface area contributed by atoms with E-state index in [9.17, 15) is 23.5 Å². The van der Waals surface area contributed by atoms with Crippen LogP contribution >= 0.6 is 0 Å². The van der Waals surface area contributed by atoms with Crippen LogP contribution in [-0.2, 0) is 9.47 Å². The summed E-state index contributed by atoms with van der Waals surface area (Å²) in [6.07, 6.45) is 2.25. The molecule has 2 aliphatic rings. The van der Waals surface area contributed by atoms with Gasteiger partial charge in [0, 0.05) is 30.6 Å². The van der Waals surface area contributed by atoms with Crippen molar-refractivity contribution in [2.45, 2.75) is 18.6 Å². The minimum absolute atomic E-state index is 0.0818. The Hall–Kier alpha value is -3.37. The van der Waals surface area contributed by atoms with E-state index in [-0.39, 0.29) is 28.8 Å². The fourth-order valence-corrected chi connectivity index (χ4v) is 4.42. The summed E-state index contributed by atoms with van der Waals surface area (Å²) in [5.41, 5.74) is -1.53. The Morgan fingerprint density at radius 2 is 1.76 bits per heavy atom. The van der Waals surface area contributed by atoms with Crippen LogP contribution in [-0.4, -0.2) is 47.7 Å². The van der Waals surface area contributed by atoms with E-state index in [1.54, 1.807) is 4.90 Å². The molecule has 33 heavy (non-hydrogen) atoms. The molecule has 0 atom stereocenters. The Balaban J connectivity index is 1.70. The molecule has 0 unspecified atom stereocenters. The number of ether oxygens (including phenoxy) is 2. The lowest BCUT2D eigenvalue weighted by molar-refractivity contribution is -0.252. The number of nitrogens with zero attached hydrogens (tertiary/aromatic N) is 2. The third kappa shape index (κ3) is 3.65. The average molecular weight is 460 g/mol. The van der Waals surface area contributed by atoms with E-state index >= 15 is 4.39 Å². The van der Waals surface area contributed by atoms with Gasteiger partial charge in [0.05, 0.1) is 36.6 Å². The molecule has 2 saturated heterocycles. The van der Waals surface area contributed by atoms with E-state index in [0.29, 0.717) is 32.2 Å². The Morgan fingerprint density at radius 3 is 2.45 bits per heavy atom. The third-order valence-corrected chi connectivity index (χ3v) is 6.03. The Labute approximate surface area is 185 Å². The van der Waals surface area contributed by atoms with E-state index in [4.69, 9.17) is 9.47 Å². The maximum Gasteiger partial charge on any atom is 0.341 e. The SMILES string of the molecule is O=C(O)c1cn(-c2ccc(F)cc2F)c2cc(N3CCC4(C3)OCCCO4)c(F)cc2c1=O. The van der Waals surface area contributed by atoms with Crippen molar-refractivity contribution in [3.05, 3.63) is 69.8 Å². The van der Waals surface area contributed by atoms with Gasteiger partial charge in [-0.15, -0.1) is 0 Å². The molecule has 0 bridgehead atoms. The number of hydrogen-bond acceptors (Lipinski definition) is 5. The maximum atomic E-state index is 15.2. The van der Waals surface area contributed by atoms with Crippen LogP contribution in [0.2, 0.25) is 0 Å². The molecule has 3 heterocycles. The molecule has 5 rings (SSSR count). The summed E-state index contributed by atoms with van der Waals surface area (Å²) in [6, 6.07) is 5.09. The normalized spacial score (nSPS) is 17.7. The summed E-state index contributed by atoms with van der Waals surface area (Å²) in [7, 11) is 0. The molecule has 1 aromatic heterocycles. The quantitative estimate of drug-likeness (QED) is 0.645. The summed E-state index contributed by atoms with van der Waals surface area (Å²) in [5, 5.41) is 9.21. The largest absolute Gasteiger partial charge is 0.477 e. The zero-order valence-corrected chi connectivity index (χ0v) is 17.3. The fraction of sp³-hybridized carbons (Fsp3) is 0.304. The van der Waals surface area contributed by atoms with Crippen molar-refractivity contribution in [1.82, 2.24) is 4.57 Å². The highest BCUT2D eigenvalue weighted by Gasteiger charge is 2.42. The van der Waals surface area contributed by atoms with Crippen LogP contribution < -0.4 is 10.3 Å². The van der Waals surface area contributed by atoms with Gasteiger partial charge in [0.1, 0.15) is 23.0 Å². The first-order chi connectivity index (χ1) is 15.8. The number of halogens is 3. The summed E-state index contributed by atoms with van der Waals surface area (Å²) in [5.74, 6) is -4.90. The number of carboxylic acid groups (broad SMARTS) is 1. The number of benzene rings is 2. The molecule has 10 heteroatoms. The molecule has 7 nitrogen and oxygen atoms in total. The maximum absolute atomic E-state index is 15.2. The van der Waals surface area contributed by atoms with Gasteiger partial charge in [0.25, 0.3) is 0 Å². The van der Waals surface area contributed by atoms with Gasteiger partial charge in [-0.2, -0.15) is 0 Å². The van der Waals surface area contributed by atoms with Crippen LogP contribution in [0.25, 0.3) is 16.6 Å². The Morgan fingerprint density at radius 1 is 1.03 bits per heavy atom.